The molecular formula is C17H15FN2O. The Kier molecular flexibility index (Phi) is 3.34. The van der Waals surface area contributed by atoms with Gasteiger partial charge in [0.15, 0.2) is 5.78 Å². The van der Waals surface area contributed by atoms with Gasteiger partial charge in [-0.2, -0.15) is 5.26 Å². The van der Waals surface area contributed by atoms with Crippen molar-refractivity contribution in [1.29, 1.82) is 5.26 Å². The molecule has 21 heavy (non-hydrogen) atoms. The standard InChI is InChI=1S/C17H15FN2O/c1-10-12(9-19)16(11-5-2-3-6-13(11)18)17-14(20-10)7-4-8-15(17)21/h2-3,5-6,12,16,20H,1,4,7-8H2. The Balaban J connectivity index is 2.21. The van der Waals surface area contributed by atoms with E-state index in [4.69, 9.17) is 0 Å². The summed E-state index contributed by atoms with van der Waals surface area (Å²) in [4.78, 5) is 12.3. The van der Waals surface area contributed by atoms with Gasteiger partial charge in [0.2, 0.25) is 0 Å². The third-order valence-corrected chi connectivity index (χ3v) is 4.17. The Hall–Kier alpha value is -2.41. The Morgan fingerprint density at radius 1 is 1.33 bits per heavy atom. The fourth-order valence-corrected chi connectivity index (χ4v) is 3.21. The Morgan fingerprint density at radius 3 is 2.81 bits per heavy atom. The maximum absolute atomic E-state index is 14.2. The van der Waals surface area contributed by atoms with Gasteiger partial charge in [-0.1, -0.05) is 24.8 Å². The summed E-state index contributed by atoms with van der Waals surface area (Å²) in [5.41, 5.74) is 2.30. The number of carbonyl (C=O) groups excluding carboxylic acids is 1. The number of halogens is 1. The van der Waals surface area contributed by atoms with E-state index in [2.05, 4.69) is 18.0 Å². The van der Waals surface area contributed by atoms with Crippen LogP contribution >= 0.6 is 0 Å². The molecule has 2 aliphatic rings. The summed E-state index contributed by atoms with van der Waals surface area (Å²) in [7, 11) is 0. The number of nitriles is 1. The van der Waals surface area contributed by atoms with Crippen molar-refractivity contribution in [3.05, 3.63) is 59.2 Å². The van der Waals surface area contributed by atoms with E-state index in [-0.39, 0.29) is 11.6 Å². The largest absolute Gasteiger partial charge is 0.361 e. The molecule has 0 amide bonds. The molecule has 2 atom stereocenters. The lowest BCUT2D eigenvalue weighted by Crippen LogP contribution is -2.36. The average molecular weight is 282 g/mol. The van der Waals surface area contributed by atoms with Crippen molar-refractivity contribution in [2.24, 2.45) is 5.92 Å². The van der Waals surface area contributed by atoms with E-state index >= 15 is 0 Å². The lowest BCUT2D eigenvalue weighted by atomic mass is 9.72. The highest BCUT2D eigenvalue weighted by Gasteiger charge is 2.40. The zero-order valence-electron chi connectivity index (χ0n) is 11.5. The van der Waals surface area contributed by atoms with Crippen molar-refractivity contribution < 1.29 is 9.18 Å². The molecule has 2 unspecified atom stereocenters. The minimum absolute atomic E-state index is 0.00440. The second-order valence-corrected chi connectivity index (χ2v) is 5.43. The molecule has 0 saturated carbocycles. The molecule has 1 aromatic carbocycles. The summed E-state index contributed by atoms with van der Waals surface area (Å²) in [5, 5.41) is 12.5. The molecule has 3 rings (SSSR count). The van der Waals surface area contributed by atoms with Crippen LogP contribution in [-0.4, -0.2) is 5.78 Å². The lowest BCUT2D eigenvalue weighted by molar-refractivity contribution is -0.116. The van der Waals surface area contributed by atoms with Gasteiger partial charge in [-0.05, 0) is 24.5 Å². The first-order valence-corrected chi connectivity index (χ1v) is 6.99. The third kappa shape index (κ3) is 2.15. The minimum atomic E-state index is -0.636. The molecule has 0 aromatic heterocycles. The second kappa shape index (κ2) is 5.17. The fourth-order valence-electron chi connectivity index (χ4n) is 3.21. The number of nitrogens with zero attached hydrogens (tertiary/aromatic N) is 1. The van der Waals surface area contributed by atoms with Crippen LogP contribution in [0.3, 0.4) is 0 Å². The first-order chi connectivity index (χ1) is 10.1. The Bertz CT molecular complexity index is 699. The molecule has 0 spiro atoms. The molecule has 0 saturated heterocycles. The predicted molar refractivity (Wildman–Crippen MR) is 76.4 cm³/mol. The smallest absolute Gasteiger partial charge is 0.161 e. The first-order valence-electron chi connectivity index (χ1n) is 6.99. The van der Waals surface area contributed by atoms with Gasteiger partial charge in [0, 0.05) is 29.3 Å². The molecule has 3 nitrogen and oxygen atoms in total. The third-order valence-electron chi connectivity index (χ3n) is 4.17. The highest BCUT2D eigenvalue weighted by molar-refractivity contribution is 5.99. The molecule has 1 aromatic rings. The van der Waals surface area contributed by atoms with E-state index in [1.165, 1.54) is 6.07 Å². The van der Waals surface area contributed by atoms with Gasteiger partial charge in [0.25, 0.3) is 0 Å². The number of carbonyl (C=O) groups is 1. The van der Waals surface area contributed by atoms with Crippen molar-refractivity contribution in [1.82, 2.24) is 5.32 Å². The summed E-state index contributed by atoms with van der Waals surface area (Å²) in [6.07, 6.45) is 1.97. The summed E-state index contributed by atoms with van der Waals surface area (Å²) < 4.78 is 14.2. The summed E-state index contributed by atoms with van der Waals surface area (Å²) >= 11 is 0. The average Bonchev–Trinajstić information content (AvgIpc) is 2.47. The van der Waals surface area contributed by atoms with Crippen molar-refractivity contribution in [3.63, 3.8) is 0 Å². The number of nitrogens with one attached hydrogen (secondary N) is 1. The van der Waals surface area contributed by atoms with Crippen LogP contribution in [0.5, 0.6) is 0 Å². The monoisotopic (exact) mass is 282 g/mol. The molecule has 0 radical (unpaired) electrons. The molecular weight excluding hydrogens is 267 g/mol. The van der Waals surface area contributed by atoms with Crippen LogP contribution in [0, 0.1) is 23.1 Å². The molecule has 4 heteroatoms. The van der Waals surface area contributed by atoms with Gasteiger partial charge in [-0.3, -0.25) is 4.79 Å². The summed E-state index contributed by atoms with van der Waals surface area (Å²) in [5.74, 6) is -1.58. The van der Waals surface area contributed by atoms with E-state index in [1.54, 1.807) is 18.2 Å². The predicted octanol–water partition coefficient (Wildman–Crippen LogP) is 3.17. The first kappa shape index (κ1) is 13.6. The van der Waals surface area contributed by atoms with E-state index in [9.17, 15) is 14.4 Å². The fraction of sp³-hybridized carbons (Fsp3) is 0.294. The number of benzene rings is 1. The van der Waals surface area contributed by atoms with Crippen LogP contribution in [-0.2, 0) is 4.79 Å². The van der Waals surface area contributed by atoms with Gasteiger partial charge < -0.3 is 5.32 Å². The molecule has 1 heterocycles. The maximum atomic E-state index is 14.2. The lowest BCUT2D eigenvalue weighted by Gasteiger charge is -2.36. The summed E-state index contributed by atoms with van der Waals surface area (Å²) in [6, 6.07) is 8.51. The normalized spacial score (nSPS) is 25.1. The summed E-state index contributed by atoms with van der Waals surface area (Å²) in [6.45, 7) is 3.89. The van der Waals surface area contributed by atoms with Crippen LogP contribution in [0.1, 0.15) is 30.7 Å². The van der Waals surface area contributed by atoms with E-state index in [1.807, 2.05) is 0 Å². The number of rotatable bonds is 1. The molecule has 1 aliphatic heterocycles. The number of hydrogen-bond donors (Lipinski definition) is 1. The number of allylic oxidation sites excluding steroid dienone is 3. The molecule has 1 N–H and O–H groups in total. The van der Waals surface area contributed by atoms with Gasteiger partial charge in [0.1, 0.15) is 5.82 Å². The van der Waals surface area contributed by atoms with Crippen molar-refractivity contribution in [2.45, 2.75) is 25.2 Å². The van der Waals surface area contributed by atoms with E-state index in [0.717, 1.165) is 18.5 Å². The number of Topliss-reactive ketones (excluding diaryl/α,β-unsaturated/α-hetero) is 1. The molecule has 106 valence electrons. The number of ketones is 1. The van der Waals surface area contributed by atoms with Crippen LogP contribution in [0.2, 0.25) is 0 Å². The van der Waals surface area contributed by atoms with Crippen LogP contribution < -0.4 is 5.32 Å². The maximum Gasteiger partial charge on any atom is 0.161 e. The highest BCUT2D eigenvalue weighted by atomic mass is 19.1. The Labute approximate surface area is 122 Å². The quantitative estimate of drug-likeness (QED) is 0.860. The van der Waals surface area contributed by atoms with Gasteiger partial charge in [-0.25, -0.2) is 4.39 Å². The highest BCUT2D eigenvalue weighted by Crippen LogP contribution is 2.44. The van der Waals surface area contributed by atoms with E-state index in [0.29, 0.717) is 23.3 Å². The van der Waals surface area contributed by atoms with Crippen molar-refractivity contribution in [2.75, 3.05) is 0 Å². The second-order valence-electron chi connectivity index (χ2n) is 5.43. The van der Waals surface area contributed by atoms with Crippen molar-refractivity contribution in [3.8, 4) is 6.07 Å². The Morgan fingerprint density at radius 2 is 2.10 bits per heavy atom. The SMILES string of the molecule is C=C1NC2=C(C(=O)CCC2)C(c2ccccc2F)C1C#N. The minimum Gasteiger partial charge on any atom is -0.361 e. The van der Waals surface area contributed by atoms with Crippen LogP contribution in [0.15, 0.2) is 47.8 Å². The zero-order chi connectivity index (χ0) is 15.0. The molecule has 0 bridgehead atoms. The van der Waals surface area contributed by atoms with Gasteiger partial charge in [0.05, 0.1) is 12.0 Å². The van der Waals surface area contributed by atoms with Crippen LogP contribution in [0.4, 0.5) is 4.39 Å². The molecule has 1 aliphatic carbocycles. The van der Waals surface area contributed by atoms with Gasteiger partial charge >= 0.3 is 0 Å². The van der Waals surface area contributed by atoms with Gasteiger partial charge in [-0.15, -0.1) is 0 Å². The van der Waals surface area contributed by atoms with Crippen molar-refractivity contribution >= 4 is 5.78 Å². The van der Waals surface area contributed by atoms with E-state index < -0.39 is 11.8 Å². The zero-order valence-corrected chi connectivity index (χ0v) is 11.5. The number of hydrogen-bond acceptors (Lipinski definition) is 3. The molecule has 0 fully saturated rings. The van der Waals surface area contributed by atoms with Crippen LogP contribution in [0.25, 0.3) is 0 Å². The topological polar surface area (TPSA) is 52.9 Å².